The number of carbonyl (C=O) groups excluding carboxylic acids is 4. The summed E-state index contributed by atoms with van der Waals surface area (Å²) >= 11 is 2.77. The van der Waals surface area contributed by atoms with Crippen LogP contribution >= 0.6 is 23.1 Å². The summed E-state index contributed by atoms with van der Waals surface area (Å²) in [5.41, 5.74) is 2.79. The third kappa shape index (κ3) is 9.39. The van der Waals surface area contributed by atoms with Crippen LogP contribution in [0.15, 0.2) is 83.4 Å². The molecular formula is C39H41N3O7S2. The molecule has 1 heterocycles. The van der Waals surface area contributed by atoms with Gasteiger partial charge in [-0.1, -0.05) is 49.2 Å². The Labute approximate surface area is 306 Å². The van der Waals surface area contributed by atoms with Crippen LogP contribution in [-0.4, -0.2) is 50.3 Å². The molecule has 0 saturated carbocycles. The van der Waals surface area contributed by atoms with Gasteiger partial charge in [0, 0.05) is 26.6 Å². The van der Waals surface area contributed by atoms with Crippen molar-refractivity contribution in [1.82, 2.24) is 5.32 Å². The molecule has 12 heteroatoms. The van der Waals surface area contributed by atoms with Crippen LogP contribution in [0.5, 0.6) is 11.5 Å². The van der Waals surface area contributed by atoms with Gasteiger partial charge in [0.1, 0.15) is 10.7 Å². The minimum atomic E-state index is -0.569. The van der Waals surface area contributed by atoms with Gasteiger partial charge in [0.15, 0.2) is 11.5 Å². The van der Waals surface area contributed by atoms with Crippen LogP contribution in [0.25, 0.3) is 6.08 Å². The number of hydrogen-bond donors (Lipinski definition) is 3. The Hall–Kier alpha value is -5.07. The number of fused-ring (bicyclic) bond motifs is 1. The van der Waals surface area contributed by atoms with Crippen molar-refractivity contribution < 1.29 is 33.4 Å². The molecule has 0 saturated heterocycles. The van der Waals surface area contributed by atoms with E-state index in [2.05, 4.69) is 16.0 Å². The highest BCUT2D eigenvalue weighted by Crippen LogP contribution is 2.38. The number of hydrogen-bond acceptors (Lipinski definition) is 9. The van der Waals surface area contributed by atoms with Crippen molar-refractivity contribution in [2.75, 3.05) is 32.0 Å². The zero-order chi connectivity index (χ0) is 36.3. The van der Waals surface area contributed by atoms with Gasteiger partial charge < -0.3 is 30.2 Å². The van der Waals surface area contributed by atoms with E-state index in [-0.39, 0.29) is 11.6 Å². The third-order valence-corrected chi connectivity index (χ3v) is 10.6. The summed E-state index contributed by atoms with van der Waals surface area (Å²) in [6, 6.07) is 20.9. The fourth-order valence-corrected chi connectivity index (χ4v) is 7.97. The second-order valence-corrected chi connectivity index (χ2v) is 14.3. The van der Waals surface area contributed by atoms with Gasteiger partial charge in [0.2, 0.25) is 5.91 Å². The molecule has 4 aromatic rings. The molecule has 0 aliphatic heterocycles. The normalized spacial score (nSPS) is 13.5. The molecule has 0 spiro atoms. The fraction of sp³-hybridized carbons (Fsp3) is 0.282. The van der Waals surface area contributed by atoms with Crippen molar-refractivity contribution in [3.63, 3.8) is 0 Å². The predicted octanol–water partition coefficient (Wildman–Crippen LogP) is 7.74. The largest absolute Gasteiger partial charge is 0.493 e. The molecule has 0 bridgehead atoms. The number of rotatable bonds is 12. The molecule has 0 radical (unpaired) electrons. The van der Waals surface area contributed by atoms with Crippen LogP contribution in [0.1, 0.15) is 69.3 Å². The van der Waals surface area contributed by atoms with E-state index in [0.29, 0.717) is 38.9 Å². The third-order valence-electron chi connectivity index (χ3n) is 8.33. The number of aryl methyl sites for hydroxylation is 1. The Balaban J connectivity index is 1.33. The summed E-state index contributed by atoms with van der Waals surface area (Å²) in [5, 5.41) is 8.60. The van der Waals surface area contributed by atoms with Gasteiger partial charge >= 0.3 is 5.97 Å². The molecule has 3 amide bonds. The number of anilines is 2. The van der Waals surface area contributed by atoms with Crippen molar-refractivity contribution in [2.24, 2.45) is 0 Å². The van der Waals surface area contributed by atoms with Gasteiger partial charge in [-0.05, 0) is 80.6 Å². The van der Waals surface area contributed by atoms with Gasteiger partial charge in [0.25, 0.3) is 11.8 Å². The number of esters is 1. The second-order valence-electron chi connectivity index (χ2n) is 11.8. The summed E-state index contributed by atoms with van der Waals surface area (Å²) in [7, 11) is 4.37. The van der Waals surface area contributed by atoms with E-state index >= 15 is 0 Å². The van der Waals surface area contributed by atoms with Gasteiger partial charge in [-0.3, -0.25) is 14.4 Å². The van der Waals surface area contributed by atoms with E-state index in [1.54, 1.807) is 73.7 Å². The number of amides is 3. The number of para-hydroxylation sites is 1. The highest BCUT2D eigenvalue weighted by atomic mass is 32.2. The first kappa shape index (κ1) is 37.2. The summed E-state index contributed by atoms with van der Waals surface area (Å²) < 4.78 is 16.1. The zero-order valence-electron chi connectivity index (χ0n) is 29.0. The molecule has 1 aliphatic rings. The molecular weight excluding hydrogens is 687 g/mol. The van der Waals surface area contributed by atoms with Crippen LogP contribution in [0, 0.1) is 0 Å². The lowest BCUT2D eigenvalue weighted by Crippen LogP contribution is -2.30. The van der Waals surface area contributed by atoms with Gasteiger partial charge in [-0.15, -0.1) is 23.1 Å². The van der Waals surface area contributed by atoms with Gasteiger partial charge in [0.05, 0.1) is 32.1 Å². The highest BCUT2D eigenvalue weighted by Gasteiger charge is 2.27. The fourth-order valence-electron chi connectivity index (χ4n) is 5.77. The second kappa shape index (κ2) is 17.7. The van der Waals surface area contributed by atoms with E-state index in [9.17, 15) is 19.2 Å². The SMILES string of the molecule is COC(=O)c1c(NC(=O)C(C)Sc2cccc(NC(=O)/C(=C\c3cccc(OC)c3OC)NC(=O)c3ccccc3)c2)sc2c1CCCCCC2. The monoisotopic (exact) mass is 727 g/mol. The Kier molecular flexibility index (Phi) is 12.9. The quantitative estimate of drug-likeness (QED) is 0.0768. The minimum Gasteiger partial charge on any atom is -0.493 e. The molecule has 0 fully saturated rings. The first-order valence-corrected chi connectivity index (χ1v) is 18.3. The van der Waals surface area contributed by atoms with Crippen molar-refractivity contribution in [1.29, 1.82) is 0 Å². The molecule has 3 N–H and O–H groups in total. The van der Waals surface area contributed by atoms with Crippen LogP contribution in [0.4, 0.5) is 10.7 Å². The Morgan fingerprint density at radius 1 is 0.843 bits per heavy atom. The number of carbonyl (C=O) groups is 4. The van der Waals surface area contributed by atoms with Crippen LogP contribution in [-0.2, 0) is 27.2 Å². The molecule has 1 atom stereocenters. The maximum atomic E-state index is 13.7. The number of ether oxygens (including phenoxy) is 3. The first-order chi connectivity index (χ1) is 24.7. The smallest absolute Gasteiger partial charge is 0.341 e. The maximum absolute atomic E-state index is 13.7. The van der Waals surface area contributed by atoms with Gasteiger partial charge in [-0.25, -0.2) is 4.79 Å². The standard InChI is InChI=1S/C39H41N3O7S2/c1-24(35(43)42-38-33(39(46)49-4)29-19-10-5-6-11-21-32(29)51-38)50-28-18-13-17-27(23-28)40-37(45)30(41-36(44)25-14-8-7-9-15-25)22-26-16-12-20-31(47-2)34(26)48-3/h7-9,12-18,20,22-24H,5-6,10-11,19,21H2,1-4H3,(H,40,45)(H,41,44)(H,42,43)/b30-22+. The van der Waals surface area contributed by atoms with Gasteiger partial charge in [-0.2, -0.15) is 0 Å². The lowest BCUT2D eigenvalue weighted by molar-refractivity contribution is -0.115. The number of benzene rings is 3. The molecule has 266 valence electrons. The average Bonchev–Trinajstić information content (AvgIpc) is 3.46. The molecule has 3 aromatic carbocycles. The van der Waals surface area contributed by atoms with Crippen molar-refractivity contribution >= 4 is 63.6 Å². The Morgan fingerprint density at radius 3 is 2.31 bits per heavy atom. The molecule has 51 heavy (non-hydrogen) atoms. The van der Waals surface area contributed by atoms with E-state index in [0.717, 1.165) is 53.9 Å². The number of thiophene rings is 1. The zero-order valence-corrected chi connectivity index (χ0v) is 30.6. The summed E-state index contributed by atoms with van der Waals surface area (Å²) in [6.45, 7) is 1.79. The Bertz CT molecular complexity index is 1920. The maximum Gasteiger partial charge on any atom is 0.341 e. The summed E-state index contributed by atoms with van der Waals surface area (Å²) in [5.74, 6) is -0.858. The number of nitrogens with one attached hydrogen (secondary N) is 3. The van der Waals surface area contributed by atoms with Crippen LogP contribution < -0.4 is 25.4 Å². The van der Waals surface area contributed by atoms with E-state index in [4.69, 9.17) is 14.2 Å². The predicted molar refractivity (Wildman–Crippen MR) is 202 cm³/mol. The van der Waals surface area contributed by atoms with E-state index in [1.165, 1.54) is 50.5 Å². The van der Waals surface area contributed by atoms with Crippen molar-refractivity contribution in [3.05, 3.63) is 106 Å². The van der Waals surface area contributed by atoms with E-state index < -0.39 is 23.0 Å². The Morgan fingerprint density at radius 2 is 1.59 bits per heavy atom. The van der Waals surface area contributed by atoms with Crippen LogP contribution in [0.3, 0.4) is 0 Å². The van der Waals surface area contributed by atoms with Crippen molar-refractivity contribution in [2.45, 2.75) is 55.6 Å². The number of methoxy groups -OCH3 is 3. The first-order valence-electron chi connectivity index (χ1n) is 16.6. The molecule has 10 nitrogen and oxygen atoms in total. The molecule has 1 aromatic heterocycles. The minimum absolute atomic E-state index is 0.0207. The number of thioether (sulfide) groups is 1. The average molecular weight is 728 g/mol. The topological polar surface area (TPSA) is 132 Å². The summed E-state index contributed by atoms with van der Waals surface area (Å²) in [4.78, 5) is 55.1. The van der Waals surface area contributed by atoms with Crippen LogP contribution in [0.2, 0.25) is 0 Å². The lowest BCUT2D eigenvalue weighted by Gasteiger charge is -2.15. The van der Waals surface area contributed by atoms with Crippen molar-refractivity contribution in [3.8, 4) is 11.5 Å². The highest BCUT2D eigenvalue weighted by molar-refractivity contribution is 8.00. The molecule has 1 aliphatic carbocycles. The summed E-state index contributed by atoms with van der Waals surface area (Å²) in [6.07, 6.45) is 7.49. The molecule has 5 rings (SSSR count). The van der Waals surface area contributed by atoms with E-state index in [1.807, 2.05) is 6.07 Å². The molecule has 1 unspecified atom stereocenters. The lowest BCUT2D eigenvalue weighted by atomic mass is 9.96.